The molecule has 184 valence electrons. The summed E-state index contributed by atoms with van der Waals surface area (Å²) in [6.45, 7) is 2.89. The molecule has 7 heteroatoms. The molecular formula is C29H31N5O2. The second-order valence-corrected chi connectivity index (χ2v) is 10.5. The first-order valence-corrected chi connectivity index (χ1v) is 13.0. The van der Waals surface area contributed by atoms with Gasteiger partial charge in [-0.2, -0.15) is 5.26 Å². The van der Waals surface area contributed by atoms with Crippen molar-refractivity contribution in [3.05, 3.63) is 71.3 Å². The number of fused-ring (bicyclic) bond motifs is 3. The smallest absolute Gasteiger partial charge is 0.254 e. The van der Waals surface area contributed by atoms with Crippen molar-refractivity contribution in [1.29, 1.82) is 5.26 Å². The van der Waals surface area contributed by atoms with E-state index in [9.17, 15) is 15.2 Å². The number of benzene rings is 2. The molecule has 6 rings (SSSR count). The lowest BCUT2D eigenvalue weighted by Crippen LogP contribution is -2.45. The van der Waals surface area contributed by atoms with Crippen LogP contribution in [-0.4, -0.2) is 56.0 Å². The Morgan fingerprint density at radius 3 is 2.61 bits per heavy atom. The number of carbonyl (C=O) groups is 1. The SMILES string of the molecule is N#CC1(c2ccncn2)CCN(Cc2cc3c(c4ccccc24)CN([C@H]2CCCC[C@@H]2O)C3=O)CC1. The van der Waals surface area contributed by atoms with Crippen molar-refractivity contribution in [2.75, 3.05) is 13.1 Å². The molecule has 36 heavy (non-hydrogen) atoms. The third kappa shape index (κ3) is 3.85. The van der Waals surface area contributed by atoms with Crippen LogP contribution in [0.1, 0.15) is 65.7 Å². The van der Waals surface area contributed by atoms with Crippen LogP contribution in [0.2, 0.25) is 0 Å². The molecule has 1 N–H and O–H groups in total. The molecule has 1 saturated carbocycles. The number of piperidine rings is 1. The maximum Gasteiger partial charge on any atom is 0.254 e. The van der Waals surface area contributed by atoms with E-state index in [1.54, 1.807) is 6.20 Å². The average Bonchev–Trinajstić information content (AvgIpc) is 3.26. The second kappa shape index (κ2) is 9.27. The van der Waals surface area contributed by atoms with Crippen LogP contribution >= 0.6 is 0 Å². The van der Waals surface area contributed by atoms with Crippen LogP contribution in [0.25, 0.3) is 10.8 Å². The van der Waals surface area contributed by atoms with Crippen LogP contribution in [0.4, 0.5) is 0 Å². The van der Waals surface area contributed by atoms with E-state index in [0.717, 1.165) is 85.9 Å². The molecule has 2 atom stereocenters. The van der Waals surface area contributed by atoms with E-state index in [1.807, 2.05) is 17.0 Å². The number of hydrogen-bond donors (Lipinski definition) is 1. The van der Waals surface area contributed by atoms with Gasteiger partial charge >= 0.3 is 0 Å². The minimum absolute atomic E-state index is 0.0499. The Kier molecular flexibility index (Phi) is 5.94. The molecule has 3 aromatic rings. The van der Waals surface area contributed by atoms with E-state index < -0.39 is 11.5 Å². The molecule has 2 aliphatic heterocycles. The van der Waals surface area contributed by atoms with Gasteiger partial charge in [0.15, 0.2) is 0 Å². The summed E-state index contributed by atoms with van der Waals surface area (Å²) in [4.78, 5) is 26.2. The summed E-state index contributed by atoms with van der Waals surface area (Å²) in [6.07, 6.45) is 7.94. The number of likely N-dealkylation sites (tertiary alicyclic amines) is 1. The molecule has 0 spiro atoms. The van der Waals surface area contributed by atoms with E-state index in [1.165, 1.54) is 11.7 Å². The van der Waals surface area contributed by atoms with Crippen LogP contribution < -0.4 is 0 Å². The van der Waals surface area contributed by atoms with Crippen LogP contribution in [-0.2, 0) is 18.5 Å². The lowest BCUT2D eigenvalue weighted by atomic mass is 9.76. The average molecular weight is 482 g/mol. The third-order valence-electron chi connectivity index (χ3n) is 8.55. The van der Waals surface area contributed by atoms with Crippen molar-refractivity contribution in [2.24, 2.45) is 0 Å². The first-order valence-electron chi connectivity index (χ1n) is 13.0. The number of nitriles is 1. The largest absolute Gasteiger partial charge is 0.391 e. The lowest BCUT2D eigenvalue weighted by Gasteiger charge is -2.37. The highest BCUT2D eigenvalue weighted by Gasteiger charge is 2.40. The first-order chi connectivity index (χ1) is 17.6. The minimum Gasteiger partial charge on any atom is -0.391 e. The summed E-state index contributed by atoms with van der Waals surface area (Å²) in [5.41, 5.74) is 3.25. The Hall–Kier alpha value is -3.34. The third-order valence-corrected chi connectivity index (χ3v) is 8.55. The predicted octanol–water partition coefficient (Wildman–Crippen LogP) is 3.95. The molecule has 2 aromatic carbocycles. The van der Waals surface area contributed by atoms with E-state index in [2.05, 4.69) is 45.2 Å². The molecule has 0 unspecified atom stereocenters. The molecule has 0 radical (unpaired) electrons. The second-order valence-electron chi connectivity index (χ2n) is 10.5. The van der Waals surface area contributed by atoms with Gasteiger partial charge < -0.3 is 10.0 Å². The Labute approximate surface area is 211 Å². The van der Waals surface area contributed by atoms with E-state index >= 15 is 0 Å². The normalized spacial score (nSPS) is 24.0. The summed E-state index contributed by atoms with van der Waals surface area (Å²) in [6, 6.07) is 14.8. The Morgan fingerprint density at radius 2 is 1.89 bits per heavy atom. The maximum absolute atomic E-state index is 13.6. The Morgan fingerprint density at radius 1 is 1.11 bits per heavy atom. The van der Waals surface area contributed by atoms with E-state index in [4.69, 9.17) is 0 Å². The topological polar surface area (TPSA) is 93.3 Å². The standard InChI is InChI=1S/C29H31N5O2/c30-18-29(27-9-12-31-19-32-27)10-13-33(14-11-29)16-20-15-23-24(22-6-2-1-5-21(20)22)17-34(28(23)36)25-7-3-4-8-26(25)35/h1-2,5-6,9,12,15,19,25-26,35H,3-4,7-8,10-11,13-14,16-17H2/t25-,26-/m0/s1. The lowest BCUT2D eigenvalue weighted by molar-refractivity contribution is 0.0192. The summed E-state index contributed by atoms with van der Waals surface area (Å²) in [7, 11) is 0. The zero-order valence-corrected chi connectivity index (χ0v) is 20.4. The molecule has 7 nitrogen and oxygen atoms in total. The number of rotatable bonds is 4. The van der Waals surface area contributed by atoms with Crippen LogP contribution in [0, 0.1) is 11.3 Å². The molecule has 2 fully saturated rings. The number of nitrogens with zero attached hydrogens (tertiary/aromatic N) is 5. The molecule has 1 amide bonds. The van der Waals surface area contributed by atoms with Gasteiger partial charge in [0.2, 0.25) is 0 Å². The highest BCUT2D eigenvalue weighted by molar-refractivity contribution is 6.05. The van der Waals surface area contributed by atoms with Crippen LogP contribution in [0.5, 0.6) is 0 Å². The van der Waals surface area contributed by atoms with Gasteiger partial charge in [0.1, 0.15) is 11.7 Å². The fourth-order valence-electron chi connectivity index (χ4n) is 6.46. The number of hydrogen-bond acceptors (Lipinski definition) is 6. The fraction of sp³-hybridized carbons (Fsp3) is 0.448. The predicted molar refractivity (Wildman–Crippen MR) is 136 cm³/mol. The number of carbonyl (C=O) groups excluding carboxylic acids is 1. The van der Waals surface area contributed by atoms with Crippen molar-refractivity contribution in [2.45, 2.75) is 69.2 Å². The van der Waals surface area contributed by atoms with Crippen LogP contribution in [0.3, 0.4) is 0 Å². The highest BCUT2D eigenvalue weighted by atomic mass is 16.3. The fourth-order valence-corrected chi connectivity index (χ4v) is 6.46. The van der Waals surface area contributed by atoms with Crippen molar-refractivity contribution in [3.63, 3.8) is 0 Å². The first kappa shape index (κ1) is 23.1. The van der Waals surface area contributed by atoms with Crippen molar-refractivity contribution < 1.29 is 9.90 Å². The molecule has 1 aliphatic carbocycles. The van der Waals surface area contributed by atoms with Crippen LogP contribution in [0.15, 0.2) is 48.9 Å². The number of aliphatic hydroxyl groups is 1. The molecule has 1 aromatic heterocycles. The van der Waals surface area contributed by atoms with Gasteiger partial charge in [-0.15, -0.1) is 0 Å². The van der Waals surface area contributed by atoms with Gasteiger partial charge in [-0.3, -0.25) is 9.69 Å². The van der Waals surface area contributed by atoms with Gasteiger partial charge in [-0.1, -0.05) is 37.1 Å². The summed E-state index contributed by atoms with van der Waals surface area (Å²) in [5, 5.41) is 23.0. The van der Waals surface area contributed by atoms with Gasteiger partial charge in [0, 0.05) is 37.9 Å². The molecule has 1 saturated heterocycles. The van der Waals surface area contributed by atoms with E-state index in [-0.39, 0.29) is 11.9 Å². The van der Waals surface area contributed by atoms with Gasteiger partial charge in [0.25, 0.3) is 5.91 Å². The highest BCUT2D eigenvalue weighted by Crippen LogP contribution is 2.38. The van der Waals surface area contributed by atoms with E-state index in [0.29, 0.717) is 6.54 Å². The van der Waals surface area contributed by atoms with Crippen molar-refractivity contribution in [1.82, 2.24) is 19.8 Å². The zero-order valence-electron chi connectivity index (χ0n) is 20.4. The maximum atomic E-state index is 13.6. The molecule has 0 bridgehead atoms. The number of aromatic nitrogens is 2. The van der Waals surface area contributed by atoms with Gasteiger partial charge in [0.05, 0.1) is 23.9 Å². The Balaban J connectivity index is 1.27. The Bertz CT molecular complexity index is 1330. The van der Waals surface area contributed by atoms with Gasteiger partial charge in [-0.05, 0) is 59.7 Å². The summed E-state index contributed by atoms with van der Waals surface area (Å²) >= 11 is 0. The van der Waals surface area contributed by atoms with Gasteiger partial charge in [-0.25, -0.2) is 9.97 Å². The molecule has 3 aliphatic rings. The zero-order chi connectivity index (χ0) is 24.7. The van der Waals surface area contributed by atoms with Crippen molar-refractivity contribution >= 4 is 16.7 Å². The summed E-state index contributed by atoms with van der Waals surface area (Å²) < 4.78 is 0. The number of aliphatic hydroxyl groups excluding tert-OH is 1. The molecular weight excluding hydrogens is 450 g/mol. The monoisotopic (exact) mass is 481 g/mol. The summed E-state index contributed by atoms with van der Waals surface area (Å²) in [5.74, 6) is 0.0499. The minimum atomic E-state index is -0.573. The number of amides is 1. The molecule has 3 heterocycles. The van der Waals surface area contributed by atoms with Crippen molar-refractivity contribution in [3.8, 4) is 6.07 Å². The quantitative estimate of drug-likeness (QED) is 0.607.